The maximum atomic E-state index is 12.2. The van der Waals surface area contributed by atoms with E-state index in [1.165, 1.54) is 12.8 Å². The smallest absolute Gasteiger partial charge is 0.251 e. The molecule has 1 aliphatic carbocycles. The number of carbonyl (C=O) groups excluding carboxylic acids is 2. The van der Waals surface area contributed by atoms with Crippen molar-refractivity contribution in [3.05, 3.63) is 29.8 Å². The monoisotopic (exact) mass is 446 g/mol. The van der Waals surface area contributed by atoms with Gasteiger partial charge in [0, 0.05) is 44.8 Å². The van der Waals surface area contributed by atoms with Gasteiger partial charge >= 0.3 is 0 Å². The summed E-state index contributed by atoms with van der Waals surface area (Å²) in [5.74, 6) is 1.65. The second kappa shape index (κ2) is 12.9. The minimum absolute atomic E-state index is 0. The van der Waals surface area contributed by atoms with Gasteiger partial charge in [0.1, 0.15) is 5.75 Å². The predicted molar refractivity (Wildman–Crippen MR) is 118 cm³/mol. The van der Waals surface area contributed by atoms with Crippen molar-refractivity contribution in [1.29, 1.82) is 0 Å². The molecule has 1 aliphatic heterocycles. The summed E-state index contributed by atoms with van der Waals surface area (Å²) in [5.41, 5.74) is 0.630. The number of hydrogen-bond acceptors (Lipinski definition) is 5. The average Bonchev–Trinajstić information content (AvgIpc) is 3.53. The van der Waals surface area contributed by atoms with Gasteiger partial charge in [-0.3, -0.25) is 14.5 Å². The van der Waals surface area contributed by atoms with Crippen molar-refractivity contribution < 1.29 is 14.3 Å². The molecule has 7 nitrogen and oxygen atoms in total. The number of nitrogens with zero attached hydrogens (tertiary/aromatic N) is 2. The summed E-state index contributed by atoms with van der Waals surface area (Å²) in [6.45, 7) is 6.05. The van der Waals surface area contributed by atoms with E-state index in [2.05, 4.69) is 15.5 Å². The average molecular weight is 447 g/mol. The zero-order chi connectivity index (χ0) is 19.1. The lowest BCUT2D eigenvalue weighted by Crippen LogP contribution is -2.52. The topological polar surface area (TPSA) is 73.9 Å². The highest BCUT2D eigenvalue weighted by molar-refractivity contribution is 5.94. The SMILES string of the molecule is COc1ccc(C(=O)NCCN2CCN(C(=O)CNCC3CC3)CC2)cc1.Cl.Cl. The second-order valence-corrected chi connectivity index (χ2v) is 7.28. The first-order valence-electron chi connectivity index (χ1n) is 9.79. The van der Waals surface area contributed by atoms with Gasteiger partial charge in [0.05, 0.1) is 13.7 Å². The normalized spacial score (nSPS) is 16.4. The number of rotatable bonds is 9. The predicted octanol–water partition coefficient (Wildman–Crippen LogP) is 1.41. The van der Waals surface area contributed by atoms with Crippen LogP contribution in [0.5, 0.6) is 5.75 Å². The molecule has 9 heteroatoms. The summed E-state index contributed by atoms with van der Waals surface area (Å²) in [4.78, 5) is 28.6. The lowest BCUT2D eigenvalue weighted by atomic mass is 10.2. The number of ether oxygens (including phenoxy) is 1. The van der Waals surface area contributed by atoms with Gasteiger partial charge in [0.15, 0.2) is 0 Å². The molecular weight excluding hydrogens is 415 g/mol. The number of halogens is 2. The molecule has 0 aromatic heterocycles. The van der Waals surface area contributed by atoms with E-state index in [1.807, 2.05) is 4.90 Å². The largest absolute Gasteiger partial charge is 0.497 e. The van der Waals surface area contributed by atoms with E-state index in [9.17, 15) is 9.59 Å². The Hall–Kier alpha value is -1.54. The standard InChI is InChI=1S/C20H30N4O3.2ClH/c1-27-18-6-4-17(5-7-18)20(26)22-8-9-23-10-12-24(13-11-23)19(25)15-21-14-16-2-3-16;;/h4-7,16,21H,2-3,8-15H2,1H3,(H,22,26);2*1H. The number of hydrogen-bond donors (Lipinski definition) is 2. The van der Waals surface area contributed by atoms with Crippen LogP contribution in [0.1, 0.15) is 23.2 Å². The number of carbonyl (C=O) groups is 2. The van der Waals surface area contributed by atoms with Crippen LogP contribution in [0, 0.1) is 5.92 Å². The molecule has 3 rings (SSSR count). The third-order valence-corrected chi connectivity index (χ3v) is 5.20. The molecule has 1 aromatic rings. The van der Waals surface area contributed by atoms with Gasteiger partial charge in [-0.05, 0) is 49.6 Å². The molecule has 1 saturated heterocycles. The second-order valence-electron chi connectivity index (χ2n) is 7.28. The lowest BCUT2D eigenvalue weighted by Gasteiger charge is -2.34. The van der Waals surface area contributed by atoms with E-state index >= 15 is 0 Å². The molecule has 0 spiro atoms. The summed E-state index contributed by atoms with van der Waals surface area (Å²) in [5, 5.41) is 6.22. The van der Waals surface area contributed by atoms with Gasteiger partial charge in [-0.2, -0.15) is 0 Å². The van der Waals surface area contributed by atoms with E-state index in [1.54, 1.807) is 31.4 Å². The Labute approximate surface area is 185 Å². The highest BCUT2D eigenvalue weighted by Crippen LogP contribution is 2.27. The number of nitrogens with one attached hydrogen (secondary N) is 2. The molecule has 2 fully saturated rings. The molecule has 0 radical (unpaired) electrons. The van der Waals surface area contributed by atoms with Crippen LogP contribution in [-0.4, -0.2) is 81.1 Å². The molecule has 0 bridgehead atoms. The van der Waals surface area contributed by atoms with Crippen LogP contribution in [-0.2, 0) is 4.79 Å². The third kappa shape index (κ3) is 8.38. The van der Waals surface area contributed by atoms with Crippen LogP contribution >= 0.6 is 24.8 Å². The lowest BCUT2D eigenvalue weighted by molar-refractivity contribution is -0.131. The number of benzene rings is 1. The van der Waals surface area contributed by atoms with E-state index < -0.39 is 0 Å². The van der Waals surface area contributed by atoms with Gasteiger partial charge in [0.25, 0.3) is 5.91 Å². The van der Waals surface area contributed by atoms with Gasteiger partial charge < -0.3 is 20.3 Å². The molecular formula is C20H32Cl2N4O3. The first-order chi connectivity index (χ1) is 13.2. The highest BCUT2D eigenvalue weighted by Gasteiger charge is 2.23. The van der Waals surface area contributed by atoms with Crippen LogP contribution < -0.4 is 15.4 Å². The van der Waals surface area contributed by atoms with Crippen molar-refractivity contribution in [3.8, 4) is 5.75 Å². The first-order valence-corrected chi connectivity index (χ1v) is 9.79. The van der Waals surface area contributed by atoms with Crippen LogP contribution in [0.25, 0.3) is 0 Å². The molecule has 2 amide bonds. The molecule has 1 saturated carbocycles. The fourth-order valence-corrected chi connectivity index (χ4v) is 3.21. The third-order valence-electron chi connectivity index (χ3n) is 5.20. The van der Waals surface area contributed by atoms with Crippen LogP contribution in [0.3, 0.4) is 0 Å². The minimum atomic E-state index is -0.0757. The van der Waals surface area contributed by atoms with Gasteiger partial charge in [-0.25, -0.2) is 0 Å². The van der Waals surface area contributed by atoms with Crippen molar-refractivity contribution >= 4 is 36.6 Å². The van der Waals surface area contributed by atoms with Crippen molar-refractivity contribution in [3.63, 3.8) is 0 Å². The summed E-state index contributed by atoms with van der Waals surface area (Å²) >= 11 is 0. The van der Waals surface area contributed by atoms with Gasteiger partial charge in [-0.1, -0.05) is 0 Å². The molecule has 29 heavy (non-hydrogen) atoms. The Bertz CT molecular complexity index is 633. The van der Waals surface area contributed by atoms with Gasteiger partial charge in [0.2, 0.25) is 5.91 Å². The maximum Gasteiger partial charge on any atom is 0.251 e. The zero-order valence-corrected chi connectivity index (χ0v) is 18.5. The summed E-state index contributed by atoms with van der Waals surface area (Å²) in [6.07, 6.45) is 2.60. The van der Waals surface area contributed by atoms with Crippen molar-refractivity contribution in [2.75, 3.05) is 59.5 Å². The molecule has 1 aromatic carbocycles. The van der Waals surface area contributed by atoms with Crippen LogP contribution in [0.4, 0.5) is 0 Å². The fraction of sp³-hybridized carbons (Fsp3) is 0.600. The number of amides is 2. The maximum absolute atomic E-state index is 12.2. The molecule has 2 N–H and O–H groups in total. The van der Waals surface area contributed by atoms with E-state index in [0.717, 1.165) is 50.9 Å². The molecule has 0 unspecified atom stereocenters. The highest BCUT2D eigenvalue weighted by atomic mass is 35.5. The van der Waals surface area contributed by atoms with Gasteiger partial charge in [-0.15, -0.1) is 24.8 Å². The summed E-state index contributed by atoms with van der Waals surface area (Å²) in [7, 11) is 1.60. The Morgan fingerprint density at radius 2 is 1.72 bits per heavy atom. The molecule has 1 heterocycles. The van der Waals surface area contributed by atoms with Crippen molar-refractivity contribution in [2.45, 2.75) is 12.8 Å². The van der Waals surface area contributed by atoms with Crippen LogP contribution in [0.15, 0.2) is 24.3 Å². The Kier molecular flexibility index (Phi) is 11.3. The van der Waals surface area contributed by atoms with E-state index in [-0.39, 0.29) is 36.6 Å². The van der Waals surface area contributed by atoms with Crippen LogP contribution in [0.2, 0.25) is 0 Å². The Balaban J connectivity index is 0.00000210. The first kappa shape index (κ1) is 25.5. The number of piperazine rings is 1. The van der Waals surface area contributed by atoms with E-state index in [4.69, 9.17) is 4.74 Å². The van der Waals surface area contributed by atoms with E-state index in [0.29, 0.717) is 18.7 Å². The summed E-state index contributed by atoms with van der Waals surface area (Å²) in [6, 6.07) is 7.08. The molecule has 164 valence electrons. The quantitative estimate of drug-likeness (QED) is 0.599. The number of methoxy groups -OCH3 is 1. The molecule has 0 atom stereocenters. The fourth-order valence-electron chi connectivity index (χ4n) is 3.21. The Morgan fingerprint density at radius 3 is 2.31 bits per heavy atom. The zero-order valence-electron chi connectivity index (χ0n) is 16.9. The minimum Gasteiger partial charge on any atom is -0.497 e. The molecule has 2 aliphatic rings. The van der Waals surface area contributed by atoms with Crippen molar-refractivity contribution in [2.24, 2.45) is 5.92 Å². The summed E-state index contributed by atoms with van der Waals surface area (Å²) < 4.78 is 5.10. The Morgan fingerprint density at radius 1 is 1.07 bits per heavy atom. The van der Waals surface area contributed by atoms with Crippen molar-refractivity contribution in [1.82, 2.24) is 20.4 Å².